The Morgan fingerprint density at radius 1 is 0.967 bits per heavy atom. The van der Waals surface area contributed by atoms with Crippen LogP contribution in [0.2, 0.25) is 10.0 Å². The molecule has 1 aromatic heterocycles. The van der Waals surface area contributed by atoms with Gasteiger partial charge in [-0.3, -0.25) is 20.4 Å². The molecule has 3 aromatic rings. The second kappa shape index (κ2) is 8.45. The summed E-state index contributed by atoms with van der Waals surface area (Å²) in [5.74, 6) is -1.48. The number of halogens is 3. The first kappa shape index (κ1) is 20.4. The Bertz CT molecular complexity index is 1130. The summed E-state index contributed by atoms with van der Waals surface area (Å²) < 4.78 is 15.0. The van der Waals surface area contributed by atoms with Crippen molar-refractivity contribution in [1.82, 2.24) is 20.6 Å². The third kappa shape index (κ3) is 4.04. The van der Waals surface area contributed by atoms with Crippen molar-refractivity contribution in [3.8, 4) is 5.69 Å². The van der Waals surface area contributed by atoms with E-state index >= 15 is 0 Å². The van der Waals surface area contributed by atoms with E-state index in [0.717, 1.165) is 30.5 Å². The fourth-order valence-corrected chi connectivity index (χ4v) is 3.86. The van der Waals surface area contributed by atoms with Gasteiger partial charge in [0.2, 0.25) is 0 Å². The molecule has 154 valence electrons. The molecule has 1 aliphatic carbocycles. The minimum absolute atomic E-state index is 0.142. The highest BCUT2D eigenvalue weighted by atomic mass is 35.5. The van der Waals surface area contributed by atoms with Crippen LogP contribution in [0.5, 0.6) is 0 Å². The summed E-state index contributed by atoms with van der Waals surface area (Å²) in [6, 6.07) is 10.4. The van der Waals surface area contributed by atoms with Crippen LogP contribution in [-0.4, -0.2) is 21.6 Å². The Kier molecular flexibility index (Phi) is 5.74. The number of hydrazine groups is 1. The van der Waals surface area contributed by atoms with Gasteiger partial charge in [-0.1, -0.05) is 23.2 Å². The van der Waals surface area contributed by atoms with Gasteiger partial charge in [-0.2, -0.15) is 5.10 Å². The number of amides is 2. The molecule has 0 saturated heterocycles. The molecule has 0 fully saturated rings. The van der Waals surface area contributed by atoms with E-state index < -0.39 is 11.8 Å². The highest BCUT2D eigenvalue weighted by Gasteiger charge is 2.26. The number of hydrogen-bond donors (Lipinski definition) is 2. The van der Waals surface area contributed by atoms with Crippen LogP contribution in [0.15, 0.2) is 42.5 Å². The van der Waals surface area contributed by atoms with Gasteiger partial charge in [0.25, 0.3) is 11.8 Å². The lowest BCUT2D eigenvalue weighted by Gasteiger charge is -2.14. The smallest absolute Gasteiger partial charge is 0.267 e. The molecule has 0 unspecified atom stereocenters. The van der Waals surface area contributed by atoms with Crippen molar-refractivity contribution in [1.29, 1.82) is 0 Å². The number of carbonyl (C=O) groups excluding carboxylic acids is 2. The summed E-state index contributed by atoms with van der Waals surface area (Å²) in [7, 11) is 0. The number of aromatic nitrogens is 2. The maximum absolute atomic E-state index is 13.3. The fourth-order valence-electron chi connectivity index (χ4n) is 3.49. The molecule has 4 rings (SSSR count). The molecule has 1 heterocycles. The van der Waals surface area contributed by atoms with E-state index in [0.29, 0.717) is 17.1 Å². The van der Waals surface area contributed by atoms with Crippen LogP contribution in [0.4, 0.5) is 4.39 Å². The van der Waals surface area contributed by atoms with E-state index in [4.69, 9.17) is 23.2 Å². The molecule has 9 heteroatoms. The number of rotatable bonds is 3. The van der Waals surface area contributed by atoms with E-state index in [-0.39, 0.29) is 22.1 Å². The minimum Gasteiger partial charge on any atom is -0.267 e. The largest absolute Gasteiger partial charge is 0.290 e. The average Bonchev–Trinajstić information content (AvgIpc) is 3.14. The van der Waals surface area contributed by atoms with Crippen LogP contribution in [0.3, 0.4) is 0 Å². The van der Waals surface area contributed by atoms with Gasteiger partial charge in [0.15, 0.2) is 5.69 Å². The Balaban J connectivity index is 1.57. The average molecular weight is 447 g/mol. The number of nitrogens with one attached hydrogen (secondary N) is 2. The van der Waals surface area contributed by atoms with Crippen molar-refractivity contribution >= 4 is 35.0 Å². The number of hydrogen-bond acceptors (Lipinski definition) is 3. The van der Waals surface area contributed by atoms with Crippen molar-refractivity contribution in [3.63, 3.8) is 0 Å². The van der Waals surface area contributed by atoms with E-state index in [1.54, 1.807) is 22.9 Å². The van der Waals surface area contributed by atoms with Crippen molar-refractivity contribution in [2.24, 2.45) is 0 Å². The molecule has 2 aromatic carbocycles. The third-order valence-electron chi connectivity index (χ3n) is 4.93. The predicted octanol–water partition coefficient (Wildman–Crippen LogP) is 4.27. The molecule has 0 radical (unpaired) electrons. The van der Waals surface area contributed by atoms with E-state index in [2.05, 4.69) is 16.0 Å². The molecule has 0 aliphatic heterocycles. The zero-order chi connectivity index (χ0) is 21.3. The highest BCUT2D eigenvalue weighted by molar-refractivity contribution is 6.35. The summed E-state index contributed by atoms with van der Waals surface area (Å²) in [5, 5.41) is 5.02. The lowest BCUT2D eigenvalue weighted by atomic mass is 9.95. The third-order valence-corrected chi connectivity index (χ3v) is 5.49. The van der Waals surface area contributed by atoms with Crippen LogP contribution in [-0.2, 0) is 12.8 Å². The molecule has 0 saturated carbocycles. The SMILES string of the molecule is O=C(NNC(=O)c1nn(-c2ccc(F)cc2)c2c1CCCC2)c1cc(Cl)ccc1Cl. The first-order chi connectivity index (χ1) is 14.4. The van der Waals surface area contributed by atoms with Gasteiger partial charge in [-0.05, 0) is 68.1 Å². The first-order valence-corrected chi connectivity index (χ1v) is 10.1. The van der Waals surface area contributed by atoms with E-state index in [9.17, 15) is 14.0 Å². The Morgan fingerprint density at radius 2 is 1.67 bits per heavy atom. The van der Waals surface area contributed by atoms with Crippen LogP contribution >= 0.6 is 23.2 Å². The standard InChI is InChI=1S/C21H17Cl2FN4O2/c22-12-5-10-17(23)16(11-12)20(29)25-26-21(30)19-15-3-1-2-4-18(15)28(27-19)14-8-6-13(24)7-9-14/h5-11H,1-4H2,(H,25,29)(H,26,30). The Hall–Kier alpha value is -2.90. The van der Waals surface area contributed by atoms with Crippen LogP contribution in [0.25, 0.3) is 5.69 Å². The normalized spacial score (nSPS) is 12.9. The lowest BCUT2D eigenvalue weighted by Crippen LogP contribution is -2.42. The summed E-state index contributed by atoms with van der Waals surface area (Å²) >= 11 is 11.9. The maximum atomic E-state index is 13.3. The number of fused-ring (bicyclic) bond motifs is 1. The Morgan fingerprint density at radius 3 is 2.43 bits per heavy atom. The number of benzene rings is 2. The van der Waals surface area contributed by atoms with Crippen molar-refractivity contribution in [2.45, 2.75) is 25.7 Å². The van der Waals surface area contributed by atoms with Crippen LogP contribution in [0.1, 0.15) is 44.9 Å². The minimum atomic E-state index is -0.595. The number of nitrogens with zero attached hydrogens (tertiary/aromatic N) is 2. The summed E-state index contributed by atoms with van der Waals surface area (Å²) in [5.41, 5.74) is 7.53. The second-order valence-corrected chi connectivity index (χ2v) is 7.75. The van der Waals surface area contributed by atoms with Crippen LogP contribution < -0.4 is 10.9 Å². The second-order valence-electron chi connectivity index (χ2n) is 6.90. The number of carbonyl (C=O) groups is 2. The van der Waals surface area contributed by atoms with E-state index in [1.807, 2.05) is 0 Å². The predicted molar refractivity (Wildman–Crippen MR) is 112 cm³/mol. The molecular formula is C21H17Cl2FN4O2. The first-order valence-electron chi connectivity index (χ1n) is 9.36. The highest BCUT2D eigenvalue weighted by Crippen LogP contribution is 2.27. The monoisotopic (exact) mass is 446 g/mol. The van der Waals surface area contributed by atoms with Gasteiger partial charge in [-0.15, -0.1) is 0 Å². The quantitative estimate of drug-likeness (QED) is 0.589. The van der Waals surface area contributed by atoms with Crippen molar-refractivity contribution < 1.29 is 14.0 Å². The van der Waals surface area contributed by atoms with Gasteiger partial charge < -0.3 is 0 Å². The summed E-state index contributed by atoms with van der Waals surface area (Å²) in [4.78, 5) is 25.2. The van der Waals surface area contributed by atoms with Crippen molar-refractivity contribution in [2.75, 3.05) is 0 Å². The van der Waals surface area contributed by atoms with Crippen molar-refractivity contribution in [3.05, 3.63) is 80.8 Å². The molecule has 1 aliphatic rings. The van der Waals surface area contributed by atoms with Gasteiger partial charge in [0.05, 0.1) is 16.3 Å². The molecule has 6 nitrogen and oxygen atoms in total. The van der Waals surface area contributed by atoms with Gasteiger partial charge in [-0.25, -0.2) is 9.07 Å². The molecule has 0 atom stereocenters. The summed E-state index contributed by atoms with van der Waals surface area (Å²) in [6.07, 6.45) is 3.38. The zero-order valence-corrected chi connectivity index (χ0v) is 17.2. The van der Waals surface area contributed by atoms with E-state index in [1.165, 1.54) is 24.3 Å². The molecule has 0 bridgehead atoms. The molecular weight excluding hydrogens is 430 g/mol. The topological polar surface area (TPSA) is 76.0 Å². The van der Waals surface area contributed by atoms with Gasteiger partial charge in [0, 0.05) is 16.3 Å². The zero-order valence-electron chi connectivity index (χ0n) is 15.7. The van der Waals surface area contributed by atoms with Gasteiger partial charge >= 0.3 is 0 Å². The van der Waals surface area contributed by atoms with Gasteiger partial charge in [0.1, 0.15) is 5.82 Å². The van der Waals surface area contributed by atoms with Crippen LogP contribution in [0, 0.1) is 5.82 Å². The fraction of sp³-hybridized carbons (Fsp3) is 0.190. The molecule has 2 N–H and O–H groups in total. The lowest BCUT2D eigenvalue weighted by molar-refractivity contribution is 0.0843. The molecule has 30 heavy (non-hydrogen) atoms. The summed E-state index contributed by atoms with van der Waals surface area (Å²) in [6.45, 7) is 0. The molecule has 2 amide bonds. The molecule has 0 spiro atoms. The Labute approximate surface area is 182 Å². The maximum Gasteiger partial charge on any atom is 0.290 e.